The van der Waals surface area contributed by atoms with Gasteiger partial charge in [-0.25, -0.2) is 0 Å². The fourth-order valence-corrected chi connectivity index (χ4v) is 1.40. The van der Waals surface area contributed by atoms with E-state index in [9.17, 15) is 4.79 Å². The Morgan fingerprint density at radius 3 is 3.00 bits per heavy atom. The Morgan fingerprint density at radius 1 is 1.36 bits per heavy atom. The first-order valence-electron chi connectivity index (χ1n) is 4.16. The van der Waals surface area contributed by atoms with Crippen molar-refractivity contribution in [2.24, 2.45) is 0 Å². The van der Waals surface area contributed by atoms with Gasteiger partial charge in [0.1, 0.15) is 0 Å². The second-order valence-electron chi connectivity index (χ2n) is 2.88. The van der Waals surface area contributed by atoms with E-state index in [1.807, 2.05) is 6.07 Å². The smallest absolute Gasteiger partial charge is 0.239 e. The molecule has 0 atom stereocenters. The highest BCUT2D eigenvalue weighted by atomic mass is 16.1. The number of hydrogen-bond donors (Lipinski definition) is 1. The Bertz CT molecular complexity index is 479. The lowest BCUT2D eigenvalue weighted by Gasteiger charge is -2.03. The number of pyridine rings is 1. The van der Waals surface area contributed by atoms with E-state index in [0.717, 1.165) is 10.8 Å². The van der Waals surface area contributed by atoms with Crippen molar-refractivity contribution >= 4 is 24.7 Å². The number of aromatic nitrogens is 1. The molecule has 0 aliphatic carbocycles. The molecule has 0 bridgehead atoms. The SMILES string of the molecule is [B]NC(=O)c1cccc2cnccc12. The molecule has 0 saturated heterocycles. The minimum Gasteiger partial charge on any atom is -0.405 e. The monoisotopic (exact) mass is 182 g/mol. The van der Waals surface area contributed by atoms with Crippen molar-refractivity contribution < 1.29 is 4.79 Å². The molecule has 2 rings (SSSR count). The number of fused-ring (bicyclic) bond motifs is 1. The zero-order chi connectivity index (χ0) is 9.97. The Labute approximate surface area is 82.6 Å². The fraction of sp³-hybridized carbons (Fsp3) is 0. The van der Waals surface area contributed by atoms with Crippen molar-refractivity contribution in [1.82, 2.24) is 10.2 Å². The highest BCUT2D eigenvalue weighted by Crippen LogP contribution is 2.16. The third-order valence-corrected chi connectivity index (χ3v) is 2.06. The Morgan fingerprint density at radius 2 is 2.21 bits per heavy atom. The summed E-state index contributed by atoms with van der Waals surface area (Å²) < 4.78 is 0. The van der Waals surface area contributed by atoms with Gasteiger partial charge in [0, 0.05) is 23.3 Å². The van der Waals surface area contributed by atoms with Gasteiger partial charge in [-0.05, 0) is 17.5 Å². The molecule has 0 saturated carbocycles. The molecule has 1 aromatic heterocycles. The molecule has 0 unspecified atom stereocenters. The largest absolute Gasteiger partial charge is 0.405 e. The average Bonchev–Trinajstić information content (AvgIpc) is 2.27. The van der Waals surface area contributed by atoms with E-state index in [-0.39, 0.29) is 5.91 Å². The van der Waals surface area contributed by atoms with E-state index in [2.05, 4.69) is 10.2 Å². The summed E-state index contributed by atoms with van der Waals surface area (Å²) in [6.45, 7) is 0. The fourth-order valence-electron chi connectivity index (χ4n) is 1.40. The summed E-state index contributed by atoms with van der Waals surface area (Å²) in [5.41, 5.74) is 0.562. The molecule has 14 heavy (non-hydrogen) atoms. The van der Waals surface area contributed by atoms with Crippen molar-refractivity contribution in [1.29, 1.82) is 0 Å². The normalized spacial score (nSPS) is 10.0. The standard InChI is InChI=1S/C10H7BN2O/c11-13-10(14)9-3-1-2-7-6-12-5-4-8(7)9/h1-6H,(H,13,14). The van der Waals surface area contributed by atoms with Crippen molar-refractivity contribution in [3.05, 3.63) is 42.2 Å². The van der Waals surface area contributed by atoms with Crippen LogP contribution in [0.2, 0.25) is 0 Å². The first kappa shape index (κ1) is 8.75. The molecule has 1 amide bonds. The number of carbonyl (C=O) groups is 1. The zero-order valence-electron chi connectivity index (χ0n) is 7.40. The molecular formula is C10H7BN2O. The van der Waals surface area contributed by atoms with Crippen molar-refractivity contribution in [2.75, 3.05) is 0 Å². The molecule has 2 radical (unpaired) electrons. The number of nitrogens with one attached hydrogen (secondary N) is 1. The number of carbonyl (C=O) groups excluding carboxylic acids is 1. The molecule has 66 valence electrons. The minimum atomic E-state index is -0.290. The lowest BCUT2D eigenvalue weighted by atomic mass is 10.1. The van der Waals surface area contributed by atoms with Crippen LogP contribution in [0.3, 0.4) is 0 Å². The highest BCUT2D eigenvalue weighted by molar-refractivity contribution is 6.21. The van der Waals surface area contributed by atoms with Crippen LogP contribution in [-0.4, -0.2) is 18.9 Å². The summed E-state index contributed by atoms with van der Waals surface area (Å²) in [7, 11) is 5.08. The molecule has 4 heteroatoms. The maximum atomic E-state index is 11.4. The van der Waals surface area contributed by atoms with E-state index in [0.29, 0.717) is 5.56 Å². The van der Waals surface area contributed by atoms with Crippen LogP contribution in [0.5, 0.6) is 0 Å². The molecule has 3 nitrogen and oxygen atoms in total. The van der Waals surface area contributed by atoms with Crippen molar-refractivity contribution in [2.45, 2.75) is 0 Å². The van der Waals surface area contributed by atoms with Gasteiger partial charge in [0.15, 0.2) is 0 Å². The van der Waals surface area contributed by atoms with Crippen LogP contribution in [0.15, 0.2) is 36.7 Å². The highest BCUT2D eigenvalue weighted by Gasteiger charge is 2.06. The Kier molecular flexibility index (Phi) is 2.19. The Hall–Kier alpha value is -1.84. The molecule has 0 fully saturated rings. The molecule has 1 heterocycles. The lowest BCUT2D eigenvalue weighted by molar-refractivity contribution is 0.0983. The molecule has 0 aliphatic heterocycles. The summed E-state index contributed by atoms with van der Waals surface area (Å²) in [5.74, 6) is -0.290. The van der Waals surface area contributed by atoms with E-state index < -0.39 is 0 Å². The summed E-state index contributed by atoms with van der Waals surface area (Å²) in [5, 5.41) is 3.89. The summed E-state index contributed by atoms with van der Waals surface area (Å²) >= 11 is 0. The first-order chi connectivity index (χ1) is 6.83. The van der Waals surface area contributed by atoms with Crippen molar-refractivity contribution in [3.63, 3.8) is 0 Å². The van der Waals surface area contributed by atoms with Crippen molar-refractivity contribution in [3.8, 4) is 0 Å². The van der Waals surface area contributed by atoms with Gasteiger partial charge in [0.05, 0.1) is 0 Å². The maximum Gasteiger partial charge on any atom is 0.239 e. The molecule has 1 N–H and O–H groups in total. The number of hydrogen-bond acceptors (Lipinski definition) is 2. The van der Waals surface area contributed by atoms with E-state index >= 15 is 0 Å². The van der Waals surface area contributed by atoms with Gasteiger partial charge in [0.25, 0.3) is 0 Å². The number of rotatable bonds is 1. The summed E-state index contributed by atoms with van der Waals surface area (Å²) in [6.07, 6.45) is 3.36. The predicted molar refractivity (Wildman–Crippen MR) is 55.0 cm³/mol. The number of nitrogens with zero attached hydrogens (tertiary/aromatic N) is 1. The molecule has 0 aliphatic rings. The molecule has 2 aromatic rings. The van der Waals surface area contributed by atoms with E-state index in [1.165, 1.54) is 0 Å². The number of benzene rings is 1. The third-order valence-electron chi connectivity index (χ3n) is 2.06. The minimum absolute atomic E-state index is 0.290. The van der Waals surface area contributed by atoms with Crippen LogP contribution >= 0.6 is 0 Å². The first-order valence-corrected chi connectivity index (χ1v) is 4.16. The zero-order valence-corrected chi connectivity index (χ0v) is 7.40. The summed E-state index contributed by atoms with van der Waals surface area (Å²) in [4.78, 5) is 15.3. The van der Waals surface area contributed by atoms with Gasteiger partial charge in [-0.1, -0.05) is 12.1 Å². The van der Waals surface area contributed by atoms with E-state index in [1.54, 1.807) is 30.6 Å². The van der Waals surface area contributed by atoms with Crippen LogP contribution in [0.25, 0.3) is 10.8 Å². The lowest BCUT2D eigenvalue weighted by Crippen LogP contribution is -2.19. The van der Waals surface area contributed by atoms with Crippen LogP contribution in [0.1, 0.15) is 10.4 Å². The van der Waals surface area contributed by atoms with Gasteiger partial charge in [-0.2, -0.15) is 0 Å². The molecular weight excluding hydrogens is 175 g/mol. The molecule has 1 aromatic carbocycles. The second-order valence-corrected chi connectivity index (χ2v) is 2.88. The third kappa shape index (κ3) is 1.35. The number of amides is 1. The predicted octanol–water partition coefficient (Wildman–Crippen LogP) is 1.05. The van der Waals surface area contributed by atoms with Crippen LogP contribution in [0, 0.1) is 0 Å². The van der Waals surface area contributed by atoms with Gasteiger partial charge >= 0.3 is 0 Å². The Balaban J connectivity index is 2.71. The average molecular weight is 182 g/mol. The van der Waals surface area contributed by atoms with Crippen LogP contribution < -0.4 is 5.23 Å². The van der Waals surface area contributed by atoms with E-state index in [4.69, 9.17) is 7.98 Å². The molecule has 0 spiro atoms. The van der Waals surface area contributed by atoms with Gasteiger partial charge in [-0.3, -0.25) is 9.78 Å². The van der Waals surface area contributed by atoms with Gasteiger partial charge in [-0.15, -0.1) is 0 Å². The van der Waals surface area contributed by atoms with Crippen LogP contribution in [-0.2, 0) is 0 Å². The maximum absolute atomic E-state index is 11.4. The topological polar surface area (TPSA) is 42.0 Å². The summed E-state index contributed by atoms with van der Waals surface area (Å²) in [6, 6.07) is 7.22. The van der Waals surface area contributed by atoms with Gasteiger partial charge < -0.3 is 5.23 Å². The quantitative estimate of drug-likeness (QED) is 0.669. The van der Waals surface area contributed by atoms with Crippen LogP contribution in [0.4, 0.5) is 0 Å². The second kappa shape index (κ2) is 3.50. The van der Waals surface area contributed by atoms with Gasteiger partial charge in [0.2, 0.25) is 13.9 Å².